The molecule has 1 aliphatic rings. The number of likely N-dealkylation sites (N-methyl/N-ethyl adjacent to an activating group) is 1. The van der Waals surface area contributed by atoms with E-state index in [1.165, 1.54) is 0 Å². The zero-order valence-electron chi connectivity index (χ0n) is 18.8. The average molecular weight is 399 g/mol. The Labute approximate surface area is 171 Å². The third-order valence-corrected chi connectivity index (χ3v) is 4.39. The molecule has 0 spiro atoms. The molecule has 1 amide bonds. The van der Waals surface area contributed by atoms with Crippen LogP contribution in [0.3, 0.4) is 0 Å². The highest BCUT2D eigenvalue weighted by Gasteiger charge is 2.16. The highest BCUT2D eigenvalue weighted by atomic mass is 16.6. The molecule has 164 valence electrons. The lowest BCUT2D eigenvalue weighted by Crippen LogP contribution is -2.46. The third-order valence-electron chi connectivity index (χ3n) is 4.39. The van der Waals surface area contributed by atoms with Gasteiger partial charge in [-0.2, -0.15) is 0 Å². The van der Waals surface area contributed by atoms with E-state index in [0.717, 1.165) is 64.7 Å². The van der Waals surface area contributed by atoms with Gasteiger partial charge in [-0.15, -0.1) is 0 Å². The van der Waals surface area contributed by atoms with Crippen molar-refractivity contribution < 1.29 is 9.53 Å². The topological polar surface area (TPSA) is 81.2 Å². The Kier molecular flexibility index (Phi) is 11.2. The average Bonchev–Trinajstić information content (AvgIpc) is 2.59. The molecule has 1 atom stereocenters. The Morgan fingerprint density at radius 1 is 1.11 bits per heavy atom. The number of ether oxygens (including phenoxy) is 1. The fraction of sp³-hybridized carbons (Fsp3) is 0.900. The van der Waals surface area contributed by atoms with Crippen molar-refractivity contribution in [1.82, 2.24) is 25.8 Å². The van der Waals surface area contributed by atoms with Gasteiger partial charge in [-0.05, 0) is 47.1 Å². The van der Waals surface area contributed by atoms with Crippen LogP contribution in [0.5, 0.6) is 0 Å². The minimum Gasteiger partial charge on any atom is -0.444 e. The molecule has 1 saturated heterocycles. The number of aliphatic imine (C=N–C) groups is 1. The summed E-state index contributed by atoms with van der Waals surface area (Å²) in [6, 6.07) is 0. The van der Waals surface area contributed by atoms with E-state index in [2.05, 4.69) is 46.6 Å². The van der Waals surface area contributed by atoms with Crippen LogP contribution in [0.1, 0.15) is 41.0 Å². The lowest BCUT2D eigenvalue weighted by molar-refractivity contribution is 0.0527. The van der Waals surface area contributed by atoms with E-state index in [9.17, 15) is 4.79 Å². The maximum absolute atomic E-state index is 11.6. The SMILES string of the molecule is CCNC(=NCC(C)CN1CCN(C)CC1)NCCCNC(=O)OC(C)(C)C. The van der Waals surface area contributed by atoms with E-state index in [1.54, 1.807) is 0 Å². The summed E-state index contributed by atoms with van der Waals surface area (Å²) < 4.78 is 5.22. The van der Waals surface area contributed by atoms with Crippen molar-refractivity contribution >= 4 is 12.1 Å². The lowest BCUT2D eigenvalue weighted by atomic mass is 10.1. The highest BCUT2D eigenvalue weighted by Crippen LogP contribution is 2.06. The van der Waals surface area contributed by atoms with E-state index in [-0.39, 0.29) is 6.09 Å². The van der Waals surface area contributed by atoms with Crippen LogP contribution in [0.15, 0.2) is 4.99 Å². The van der Waals surface area contributed by atoms with Gasteiger partial charge >= 0.3 is 6.09 Å². The number of alkyl carbamates (subject to hydrolysis) is 1. The van der Waals surface area contributed by atoms with Gasteiger partial charge in [-0.3, -0.25) is 4.99 Å². The van der Waals surface area contributed by atoms with Crippen molar-refractivity contribution in [2.24, 2.45) is 10.9 Å². The van der Waals surface area contributed by atoms with Gasteiger partial charge in [0.05, 0.1) is 0 Å². The highest BCUT2D eigenvalue weighted by molar-refractivity contribution is 5.79. The quantitative estimate of drug-likeness (QED) is 0.309. The number of hydrogen-bond donors (Lipinski definition) is 3. The first kappa shape index (κ1) is 24.5. The van der Waals surface area contributed by atoms with Gasteiger partial charge in [0.2, 0.25) is 0 Å². The summed E-state index contributed by atoms with van der Waals surface area (Å²) in [5, 5.41) is 9.39. The zero-order valence-corrected chi connectivity index (χ0v) is 18.8. The van der Waals surface area contributed by atoms with Crippen LogP contribution >= 0.6 is 0 Å². The second kappa shape index (κ2) is 12.8. The Balaban J connectivity index is 2.24. The molecule has 1 unspecified atom stereocenters. The maximum Gasteiger partial charge on any atom is 0.407 e. The summed E-state index contributed by atoms with van der Waals surface area (Å²) in [5.41, 5.74) is -0.464. The Morgan fingerprint density at radius 2 is 1.75 bits per heavy atom. The lowest BCUT2D eigenvalue weighted by Gasteiger charge is -2.33. The minimum absolute atomic E-state index is 0.370. The van der Waals surface area contributed by atoms with E-state index < -0.39 is 5.60 Å². The van der Waals surface area contributed by atoms with Crippen molar-refractivity contribution in [3.63, 3.8) is 0 Å². The summed E-state index contributed by atoms with van der Waals surface area (Å²) in [6.45, 7) is 18.5. The summed E-state index contributed by atoms with van der Waals surface area (Å²) in [5.74, 6) is 1.36. The number of amides is 1. The molecular weight excluding hydrogens is 356 g/mol. The Hall–Kier alpha value is -1.54. The monoisotopic (exact) mass is 398 g/mol. The van der Waals surface area contributed by atoms with E-state index in [4.69, 9.17) is 9.73 Å². The predicted molar refractivity (Wildman–Crippen MR) is 116 cm³/mol. The van der Waals surface area contributed by atoms with Gasteiger partial charge in [0.25, 0.3) is 0 Å². The first-order valence-electron chi connectivity index (χ1n) is 10.6. The van der Waals surface area contributed by atoms with Gasteiger partial charge < -0.3 is 30.5 Å². The zero-order chi connectivity index (χ0) is 21.0. The molecule has 8 nitrogen and oxygen atoms in total. The minimum atomic E-state index is -0.464. The molecule has 1 fully saturated rings. The van der Waals surface area contributed by atoms with Crippen LogP contribution < -0.4 is 16.0 Å². The number of nitrogens with one attached hydrogen (secondary N) is 3. The van der Waals surface area contributed by atoms with Crippen LogP contribution in [-0.2, 0) is 4.74 Å². The largest absolute Gasteiger partial charge is 0.444 e. The molecule has 1 heterocycles. The first-order chi connectivity index (χ1) is 13.2. The number of guanidine groups is 1. The van der Waals surface area contributed by atoms with Crippen molar-refractivity contribution in [2.75, 3.05) is 66.0 Å². The Bertz CT molecular complexity index is 470. The fourth-order valence-corrected chi connectivity index (χ4v) is 2.92. The molecule has 0 bridgehead atoms. The number of hydrogen-bond acceptors (Lipinski definition) is 5. The van der Waals surface area contributed by atoms with Crippen LogP contribution in [0.4, 0.5) is 4.79 Å². The van der Waals surface area contributed by atoms with E-state index >= 15 is 0 Å². The van der Waals surface area contributed by atoms with Gasteiger partial charge in [0.15, 0.2) is 5.96 Å². The van der Waals surface area contributed by atoms with Gasteiger partial charge in [-0.25, -0.2) is 4.79 Å². The Morgan fingerprint density at radius 3 is 2.36 bits per heavy atom. The van der Waals surface area contributed by atoms with Gasteiger partial charge in [0, 0.05) is 58.9 Å². The fourth-order valence-electron chi connectivity index (χ4n) is 2.92. The third kappa shape index (κ3) is 12.0. The molecule has 0 aromatic rings. The second-order valence-corrected chi connectivity index (χ2v) is 8.64. The smallest absolute Gasteiger partial charge is 0.407 e. The number of piperazine rings is 1. The molecule has 1 rings (SSSR count). The molecular formula is C20H42N6O2. The molecule has 0 radical (unpaired) electrons. The molecule has 0 saturated carbocycles. The van der Waals surface area contributed by atoms with Gasteiger partial charge in [0.1, 0.15) is 5.60 Å². The number of nitrogens with zero attached hydrogens (tertiary/aromatic N) is 3. The second-order valence-electron chi connectivity index (χ2n) is 8.64. The summed E-state index contributed by atoms with van der Waals surface area (Å²) in [6.07, 6.45) is 0.436. The first-order valence-corrected chi connectivity index (χ1v) is 10.6. The van der Waals surface area contributed by atoms with Crippen LogP contribution in [0.25, 0.3) is 0 Å². The molecule has 28 heavy (non-hydrogen) atoms. The molecule has 0 aliphatic carbocycles. The van der Waals surface area contributed by atoms with Crippen LogP contribution in [0.2, 0.25) is 0 Å². The molecule has 8 heteroatoms. The number of carbonyl (C=O) groups excluding carboxylic acids is 1. The standard InChI is InChI=1S/C20H42N6O2/c1-7-21-18(22-9-8-10-23-19(27)28-20(3,4)5)24-15-17(2)16-26-13-11-25(6)12-14-26/h17H,7-16H2,1-6H3,(H,23,27)(H2,21,22,24). The van der Waals surface area contributed by atoms with Crippen LogP contribution in [0, 0.1) is 5.92 Å². The normalized spacial score (nSPS) is 17.9. The van der Waals surface area contributed by atoms with Crippen LogP contribution in [-0.4, -0.2) is 93.4 Å². The van der Waals surface area contributed by atoms with E-state index in [1.807, 2.05) is 20.8 Å². The predicted octanol–water partition coefficient (Wildman–Crippen LogP) is 1.34. The maximum atomic E-state index is 11.6. The summed E-state index contributed by atoms with van der Waals surface area (Å²) >= 11 is 0. The molecule has 0 aromatic heterocycles. The number of carbonyl (C=O) groups is 1. The van der Waals surface area contributed by atoms with Gasteiger partial charge in [-0.1, -0.05) is 6.92 Å². The van der Waals surface area contributed by atoms with Crippen molar-refractivity contribution in [2.45, 2.75) is 46.6 Å². The molecule has 0 aromatic carbocycles. The summed E-state index contributed by atoms with van der Waals surface area (Å²) in [7, 11) is 2.18. The molecule has 3 N–H and O–H groups in total. The summed E-state index contributed by atoms with van der Waals surface area (Å²) in [4.78, 5) is 21.3. The van der Waals surface area contributed by atoms with E-state index in [0.29, 0.717) is 12.5 Å². The van der Waals surface area contributed by atoms with Crippen molar-refractivity contribution in [3.8, 4) is 0 Å². The van der Waals surface area contributed by atoms with Crippen molar-refractivity contribution in [1.29, 1.82) is 0 Å². The molecule has 1 aliphatic heterocycles. The number of rotatable bonds is 9. The van der Waals surface area contributed by atoms with Crippen molar-refractivity contribution in [3.05, 3.63) is 0 Å².